The molecule has 2 rings (SSSR count). The van der Waals surface area contributed by atoms with Crippen LogP contribution < -0.4 is 5.32 Å². The minimum Gasteiger partial charge on any atom is -0.314 e. The van der Waals surface area contributed by atoms with E-state index in [2.05, 4.69) is 11.9 Å². The average Bonchev–Trinajstić information content (AvgIpc) is 2.61. The Hall–Kier alpha value is -0.300. The van der Waals surface area contributed by atoms with Crippen molar-refractivity contribution in [2.45, 2.75) is 31.7 Å². The van der Waals surface area contributed by atoms with Gasteiger partial charge in [0.25, 0.3) is 0 Å². The van der Waals surface area contributed by atoms with Crippen LogP contribution in [0.2, 0.25) is 0 Å². The topological polar surface area (TPSA) is 12.0 Å². The maximum absolute atomic E-state index is 3.71. The van der Waals surface area contributed by atoms with Gasteiger partial charge in [-0.3, -0.25) is 0 Å². The van der Waals surface area contributed by atoms with Gasteiger partial charge >= 0.3 is 0 Å². The minimum absolute atomic E-state index is 0.846. The van der Waals surface area contributed by atoms with Crippen LogP contribution in [0, 0.1) is 11.8 Å². The van der Waals surface area contributed by atoms with Crippen molar-refractivity contribution in [2.75, 3.05) is 6.54 Å². The SMILES string of the molecule is C=CCCNC1CC2CC2C1. The molecule has 2 aliphatic rings. The molecular formula is C10H17N. The predicted octanol–water partition coefficient (Wildman–Crippen LogP) is 1.95. The quantitative estimate of drug-likeness (QED) is 0.478. The molecule has 0 aliphatic heterocycles. The van der Waals surface area contributed by atoms with Gasteiger partial charge in [0.2, 0.25) is 0 Å². The van der Waals surface area contributed by atoms with Crippen molar-refractivity contribution in [3.63, 3.8) is 0 Å². The summed E-state index contributed by atoms with van der Waals surface area (Å²) in [5.74, 6) is 2.22. The van der Waals surface area contributed by atoms with Crippen LogP contribution in [0.5, 0.6) is 0 Å². The first kappa shape index (κ1) is 7.35. The van der Waals surface area contributed by atoms with Crippen LogP contribution in [0.4, 0.5) is 0 Å². The Bertz CT molecular complexity index is 143. The van der Waals surface area contributed by atoms with Gasteiger partial charge in [0.15, 0.2) is 0 Å². The van der Waals surface area contributed by atoms with Crippen molar-refractivity contribution in [1.82, 2.24) is 5.32 Å². The summed E-state index contributed by atoms with van der Waals surface area (Å²) in [6.07, 6.45) is 7.53. The molecule has 0 amide bonds. The van der Waals surface area contributed by atoms with Gasteiger partial charge in [0, 0.05) is 6.04 Å². The maximum Gasteiger partial charge on any atom is 0.00726 e. The Labute approximate surface area is 68.9 Å². The maximum atomic E-state index is 3.71. The molecule has 0 aromatic rings. The first-order valence-electron chi connectivity index (χ1n) is 4.74. The molecule has 1 nitrogen and oxygen atoms in total. The zero-order valence-electron chi connectivity index (χ0n) is 7.05. The van der Waals surface area contributed by atoms with Gasteiger partial charge in [-0.2, -0.15) is 0 Å². The first-order chi connectivity index (χ1) is 5.40. The summed E-state index contributed by atoms with van der Waals surface area (Å²) in [6, 6.07) is 0.846. The second-order valence-electron chi connectivity index (χ2n) is 3.96. The van der Waals surface area contributed by atoms with E-state index >= 15 is 0 Å². The largest absolute Gasteiger partial charge is 0.314 e. The fourth-order valence-corrected chi connectivity index (χ4v) is 2.27. The van der Waals surface area contributed by atoms with Crippen LogP contribution in [0.15, 0.2) is 12.7 Å². The molecule has 2 saturated carbocycles. The molecule has 0 radical (unpaired) electrons. The lowest BCUT2D eigenvalue weighted by atomic mass is 10.1. The van der Waals surface area contributed by atoms with E-state index in [4.69, 9.17) is 0 Å². The van der Waals surface area contributed by atoms with E-state index in [0.29, 0.717) is 0 Å². The molecule has 0 spiro atoms. The third kappa shape index (κ3) is 1.64. The van der Waals surface area contributed by atoms with Crippen LogP contribution >= 0.6 is 0 Å². The third-order valence-electron chi connectivity index (χ3n) is 3.03. The number of hydrogen-bond donors (Lipinski definition) is 1. The van der Waals surface area contributed by atoms with Crippen LogP contribution in [0.25, 0.3) is 0 Å². The van der Waals surface area contributed by atoms with Crippen molar-refractivity contribution in [3.05, 3.63) is 12.7 Å². The van der Waals surface area contributed by atoms with Gasteiger partial charge in [-0.1, -0.05) is 6.08 Å². The van der Waals surface area contributed by atoms with Crippen molar-refractivity contribution in [3.8, 4) is 0 Å². The van der Waals surface area contributed by atoms with Gasteiger partial charge in [-0.25, -0.2) is 0 Å². The number of fused-ring (bicyclic) bond motifs is 1. The summed E-state index contributed by atoms with van der Waals surface area (Å²) in [5.41, 5.74) is 0. The number of hydrogen-bond acceptors (Lipinski definition) is 1. The molecule has 1 heteroatoms. The summed E-state index contributed by atoms with van der Waals surface area (Å²) >= 11 is 0. The summed E-state index contributed by atoms with van der Waals surface area (Å²) in [6.45, 7) is 4.84. The molecular weight excluding hydrogens is 134 g/mol. The molecule has 1 N–H and O–H groups in total. The number of nitrogens with one attached hydrogen (secondary N) is 1. The molecule has 0 bridgehead atoms. The molecule has 2 atom stereocenters. The van der Waals surface area contributed by atoms with Crippen LogP contribution in [0.3, 0.4) is 0 Å². The highest BCUT2D eigenvalue weighted by Gasteiger charge is 2.45. The average molecular weight is 151 g/mol. The van der Waals surface area contributed by atoms with E-state index in [-0.39, 0.29) is 0 Å². The Morgan fingerprint density at radius 2 is 2.00 bits per heavy atom. The minimum atomic E-state index is 0.846. The Balaban J connectivity index is 1.61. The normalized spacial score (nSPS) is 40.2. The second kappa shape index (κ2) is 2.98. The molecule has 0 aromatic heterocycles. The zero-order chi connectivity index (χ0) is 7.68. The predicted molar refractivity (Wildman–Crippen MR) is 47.4 cm³/mol. The van der Waals surface area contributed by atoms with Gasteiger partial charge in [-0.05, 0) is 44.1 Å². The molecule has 62 valence electrons. The monoisotopic (exact) mass is 151 g/mol. The molecule has 0 heterocycles. The zero-order valence-corrected chi connectivity index (χ0v) is 7.05. The van der Waals surface area contributed by atoms with Gasteiger partial charge in [-0.15, -0.1) is 6.58 Å². The standard InChI is InChI=1S/C10H17N/c1-2-3-4-11-10-6-8-5-9(8)7-10/h2,8-11H,1,3-7H2. The van der Waals surface area contributed by atoms with E-state index in [1.807, 2.05) is 6.08 Å². The third-order valence-corrected chi connectivity index (χ3v) is 3.03. The molecule has 0 saturated heterocycles. The molecule has 2 fully saturated rings. The molecule has 2 aliphatic carbocycles. The Kier molecular flexibility index (Phi) is 1.99. The smallest absolute Gasteiger partial charge is 0.00726 e. The Morgan fingerprint density at radius 3 is 2.64 bits per heavy atom. The molecule has 0 aromatic carbocycles. The van der Waals surface area contributed by atoms with Crippen LogP contribution in [0.1, 0.15) is 25.7 Å². The summed E-state index contributed by atoms with van der Waals surface area (Å²) in [4.78, 5) is 0. The second-order valence-corrected chi connectivity index (χ2v) is 3.96. The lowest BCUT2D eigenvalue weighted by molar-refractivity contribution is 0.486. The fraction of sp³-hybridized carbons (Fsp3) is 0.800. The van der Waals surface area contributed by atoms with E-state index in [1.165, 1.54) is 19.3 Å². The lowest BCUT2D eigenvalue weighted by Gasteiger charge is -2.12. The van der Waals surface area contributed by atoms with Gasteiger partial charge < -0.3 is 5.32 Å². The van der Waals surface area contributed by atoms with E-state index in [9.17, 15) is 0 Å². The lowest BCUT2D eigenvalue weighted by Crippen LogP contribution is -2.28. The highest BCUT2D eigenvalue weighted by atomic mass is 14.9. The van der Waals surface area contributed by atoms with Crippen LogP contribution in [-0.2, 0) is 0 Å². The van der Waals surface area contributed by atoms with Crippen molar-refractivity contribution in [2.24, 2.45) is 11.8 Å². The van der Waals surface area contributed by atoms with E-state index < -0.39 is 0 Å². The van der Waals surface area contributed by atoms with E-state index in [0.717, 1.165) is 30.8 Å². The van der Waals surface area contributed by atoms with Crippen molar-refractivity contribution < 1.29 is 0 Å². The highest BCUT2D eigenvalue weighted by molar-refractivity contribution is 4.98. The van der Waals surface area contributed by atoms with Crippen molar-refractivity contribution in [1.29, 1.82) is 0 Å². The van der Waals surface area contributed by atoms with Gasteiger partial charge in [0.1, 0.15) is 0 Å². The van der Waals surface area contributed by atoms with Crippen molar-refractivity contribution >= 4 is 0 Å². The number of rotatable bonds is 4. The highest BCUT2D eigenvalue weighted by Crippen LogP contribution is 2.51. The molecule has 11 heavy (non-hydrogen) atoms. The fourth-order valence-electron chi connectivity index (χ4n) is 2.27. The Morgan fingerprint density at radius 1 is 1.27 bits per heavy atom. The molecule has 2 unspecified atom stereocenters. The van der Waals surface area contributed by atoms with E-state index in [1.54, 1.807) is 0 Å². The summed E-state index contributed by atoms with van der Waals surface area (Å²) < 4.78 is 0. The van der Waals surface area contributed by atoms with Crippen LogP contribution in [-0.4, -0.2) is 12.6 Å². The summed E-state index contributed by atoms with van der Waals surface area (Å²) in [7, 11) is 0. The first-order valence-corrected chi connectivity index (χ1v) is 4.74. The van der Waals surface area contributed by atoms with Gasteiger partial charge in [0.05, 0.1) is 0 Å². The summed E-state index contributed by atoms with van der Waals surface area (Å²) in [5, 5.41) is 3.57.